The van der Waals surface area contributed by atoms with Crippen molar-refractivity contribution in [1.29, 1.82) is 0 Å². The van der Waals surface area contributed by atoms with Crippen LogP contribution in [0.2, 0.25) is 0 Å². The third-order valence-electron chi connectivity index (χ3n) is 5.80. The number of hydrogen-bond donors (Lipinski definition) is 1. The van der Waals surface area contributed by atoms with E-state index in [2.05, 4.69) is 6.92 Å². The maximum Gasteiger partial charge on any atom is 0.317 e. The first kappa shape index (κ1) is 27.4. The fraction of sp³-hybridized carbons (Fsp3) is 0.960. The van der Waals surface area contributed by atoms with E-state index in [4.69, 9.17) is 5.11 Å². The molecule has 0 aliphatic carbocycles. The van der Waals surface area contributed by atoms with Crippen molar-refractivity contribution in [2.45, 2.75) is 135 Å². The molecule has 0 fully saturated rings. The molecule has 0 unspecified atom stereocenters. The van der Waals surface area contributed by atoms with Gasteiger partial charge in [-0.3, -0.25) is 9.69 Å². The summed E-state index contributed by atoms with van der Waals surface area (Å²) in [6.45, 7) is 3.36. The summed E-state index contributed by atoms with van der Waals surface area (Å²) in [6.07, 6.45) is 28.0. The van der Waals surface area contributed by atoms with Gasteiger partial charge in [0.25, 0.3) is 0 Å². The van der Waals surface area contributed by atoms with Gasteiger partial charge in [-0.1, -0.05) is 129 Å². The molecule has 0 bridgehead atoms. The van der Waals surface area contributed by atoms with E-state index in [1.54, 1.807) is 0 Å². The standard InChI is InChI=1S/C25H51NO2/c1-3-4-5-6-7-8-9-10-11-12-13-14-15-16-17-18-19-20-21-22-23-26(2)24-25(27)28/h3-24H2,1-2H3,(H,27,28). The van der Waals surface area contributed by atoms with Gasteiger partial charge < -0.3 is 5.11 Å². The van der Waals surface area contributed by atoms with Gasteiger partial charge in [-0.05, 0) is 20.0 Å². The van der Waals surface area contributed by atoms with E-state index in [0.29, 0.717) is 0 Å². The van der Waals surface area contributed by atoms with Crippen LogP contribution >= 0.6 is 0 Å². The van der Waals surface area contributed by atoms with Gasteiger partial charge in [0, 0.05) is 0 Å². The molecule has 3 nitrogen and oxygen atoms in total. The third kappa shape index (κ3) is 23.5. The number of carboxylic acids is 1. The molecule has 0 spiro atoms. The zero-order chi connectivity index (χ0) is 20.7. The van der Waals surface area contributed by atoms with Gasteiger partial charge in [0.05, 0.1) is 6.54 Å². The number of aliphatic carboxylic acids is 1. The van der Waals surface area contributed by atoms with Gasteiger partial charge in [0.1, 0.15) is 0 Å². The topological polar surface area (TPSA) is 40.5 Å². The van der Waals surface area contributed by atoms with E-state index < -0.39 is 5.97 Å². The van der Waals surface area contributed by atoms with Crippen LogP contribution in [0.25, 0.3) is 0 Å². The third-order valence-corrected chi connectivity index (χ3v) is 5.80. The highest BCUT2D eigenvalue weighted by Gasteiger charge is 2.03. The normalized spacial score (nSPS) is 11.4. The van der Waals surface area contributed by atoms with Crippen molar-refractivity contribution >= 4 is 5.97 Å². The first-order chi connectivity index (χ1) is 13.7. The Morgan fingerprint density at radius 2 is 0.857 bits per heavy atom. The zero-order valence-corrected chi connectivity index (χ0v) is 19.4. The molecular formula is C25H51NO2. The molecule has 0 aliphatic heterocycles. The summed E-state index contributed by atoms with van der Waals surface area (Å²) in [4.78, 5) is 12.5. The Kier molecular flexibility index (Phi) is 22.3. The molecular weight excluding hydrogens is 346 g/mol. The van der Waals surface area contributed by atoms with Crippen LogP contribution in [0.1, 0.15) is 135 Å². The molecule has 28 heavy (non-hydrogen) atoms. The number of carbonyl (C=O) groups is 1. The first-order valence-corrected chi connectivity index (χ1v) is 12.6. The summed E-state index contributed by atoms with van der Waals surface area (Å²) in [7, 11) is 1.89. The molecule has 0 radical (unpaired) electrons. The van der Waals surface area contributed by atoms with E-state index in [-0.39, 0.29) is 6.54 Å². The summed E-state index contributed by atoms with van der Waals surface area (Å²) in [5.74, 6) is -0.726. The average molecular weight is 398 g/mol. The summed E-state index contributed by atoms with van der Waals surface area (Å²) in [5.41, 5.74) is 0. The number of rotatable bonds is 23. The lowest BCUT2D eigenvalue weighted by Gasteiger charge is -2.13. The molecule has 0 rings (SSSR count). The van der Waals surface area contributed by atoms with Crippen LogP contribution in [0.4, 0.5) is 0 Å². The molecule has 0 atom stereocenters. The molecule has 0 heterocycles. The Balaban J connectivity index is 3.06. The van der Waals surface area contributed by atoms with Crippen LogP contribution in [0.5, 0.6) is 0 Å². The molecule has 0 saturated carbocycles. The van der Waals surface area contributed by atoms with Crippen molar-refractivity contribution in [3.8, 4) is 0 Å². The summed E-state index contributed by atoms with van der Waals surface area (Å²) in [5, 5.41) is 8.71. The predicted molar refractivity (Wildman–Crippen MR) is 123 cm³/mol. The van der Waals surface area contributed by atoms with Crippen molar-refractivity contribution in [3.05, 3.63) is 0 Å². The minimum absolute atomic E-state index is 0.166. The van der Waals surface area contributed by atoms with Crippen LogP contribution < -0.4 is 0 Å². The highest BCUT2D eigenvalue weighted by molar-refractivity contribution is 5.68. The first-order valence-electron chi connectivity index (χ1n) is 12.6. The van der Waals surface area contributed by atoms with Crippen molar-refractivity contribution in [2.75, 3.05) is 20.1 Å². The quantitative estimate of drug-likeness (QED) is 0.179. The lowest BCUT2D eigenvalue weighted by Crippen LogP contribution is -2.26. The minimum Gasteiger partial charge on any atom is -0.480 e. The number of nitrogens with zero attached hydrogens (tertiary/aromatic N) is 1. The predicted octanol–water partition coefficient (Wildman–Crippen LogP) is 7.82. The fourth-order valence-corrected chi connectivity index (χ4v) is 3.95. The molecule has 0 aromatic heterocycles. The molecule has 168 valence electrons. The van der Waals surface area contributed by atoms with E-state index in [1.165, 1.54) is 122 Å². The van der Waals surface area contributed by atoms with Gasteiger partial charge in [-0.25, -0.2) is 0 Å². The van der Waals surface area contributed by atoms with E-state index in [1.807, 2.05) is 11.9 Å². The Labute approximate surface area is 176 Å². The molecule has 0 aromatic rings. The van der Waals surface area contributed by atoms with E-state index in [0.717, 1.165) is 13.0 Å². The maximum atomic E-state index is 10.6. The molecule has 1 N–H and O–H groups in total. The largest absolute Gasteiger partial charge is 0.480 e. The van der Waals surface area contributed by atoms with Crippen LogP contribution in [0.15, 0.2) is 0 Å². The zero-order valence-electron chi connectivity index (χ0n) is 19.4. The van der Waals surface area contributed by atoms with Gasteiger partial charge in [0.2, 0.25) is 0 Å². The summed E-state index contributed by atoms with van der Waals surface area (Å²) >= 11 is 0. The van der Waals surface area contributed by atoms with Gasteiger partial charge in [0.15, 0.2) is 0 Å². The Morgan fingerprint density at radius 1 is 0.571 bits per heavy atom. The number of likely N-dealkylation sites (N-methyl/N-ethyl adjacent to an activating group) is 1. The van der Waals surface area contributed by atoms with Crippen LogP contribution in [-0.2, 0) is 4.79 Å². The molecule has 0 aromatic carbocycles. The van der Waals surface area contributed by atoms with Crippen LogP contribution in [0, 0.1) is 0 Å². The van der Waals surface area contributed by atoms with Gasteiger partial charge >= 0.3 is 5.97 Å². The Hall–Kier alpha value is -0.570. The van der Waals surface area contributed by atoms with Crippen molar-refractivity contribution in [3.63, 3.8) is 0 Å². The second kappa shape index (κ2) is 22.7. The highest BCUT2D eigenvalue weighted by Crippen LogP contribution is 2.14. The summed E-state index contributed by atoms with van der Waals surface area (Å²) < 4.78 is 0. The molecule has 0 amide bonds. The Morgan fingerprint density at radius 3 is 1.14 bits per heavy atom. The number of hydrogen-bond acceptors (Lipinski definition) is 2. The van der Waals surface area contributed by atoms with Gasteiger partial charge in [-0.2, -0.15) is 0 Å². The van der Waals surface area contributed by atoms with Crippen molar-refractivity contribution in [2.24, 2.45) is 0 Å². The molecule has 0 saturated heterocycles. The maximum absolute atomic E-state index is 10.6. The van der Waals surface area contributed by atoms with Crippen molar-refractivity contribution in [1.82, 2.24) is 4.90 Å². The number of unbranched alkanes of at least 4 members (excludes halogenated alkanes) is 19. The highest BCUT2D eigenvalue weighted by atomic mass is 16.4. The van der Waals surface area contributed by atoms with Gasteiger partial charge in [-0.15, -0.1) is 0 Å². The average Bonchev–Trinajstić information content (AvgIpc) is 2.66. The van der Waals surface area contributed by atoms with E-state index in [9.17, 15) is 4.79 Å². The Bertz CT molecular complexity index is 320. The van der Waals surface area contributed by atoms with Crippen LogP contribution in [0.3, 0.4) is 0 Å². The summed E-state index contributed by atoms with van der Waals surface area (Å²) in [6, 6.07) is 0. The number of carboxylic acid groups (broad SMARTS) is 1. The molecule has 3 heteroatoms. The van der Waals surface area contributed by atoms with Crippen LogP contribution in [-0.4, -0.2) is 36.1 Å². The lowest BCUT2D eigenvalue weighted by atomic mass is 10.0. The SMILES string of the molecule is CCCCCCCCCCCCCCCCCCCCCCN(C)CC(=O)O. The second-order valence-corrected chi connectivity index (χ2v) is 8.85. The van der Waals surface area contributed by atoms with E-state index >= 15 is 0 Å². The van der Waals surface area contributed by atoms with Crippen molar-refractivity contribution < 1.29 is 9.90 Å². The second-order valence-electron chi connectivity index (χ2n) is 8.85. The molecule has 0 aliphatic rings. The smallest absolute Gasteiger partial charge is 0.317 e. The fourth-order valence-electron chi connectivity index (χ4n) is 3.95. The lowest BCUT2D eigenvalue weighted by molar-refractivity contribution is -0.137. The minimum atomic E-state index is -0.726. The monoisotopic (exact) mass is 397 g/mol.